The molecule has 0 unspecified atom stereocenters. The van der Waals surface area contributed by atoms with Gasteiger partial charge in [0.1, 0.15) is 12.4 Å². The van der Waals surface area contributed by atoms with E-state index in [1.165, 1.54) is 0 Å². The van der Waals surface area contributed by atoms with Crippen molar-refractivity contribution in [3.8, 4) is 5.75 Å². The molecule has 0 fully saturated rings. The number of sulfonamides is 1. The predicted octanol–water partition coefficient (Wildman–Crippen LogP) is 3.22. The fourth-order valence-corrected chi connectivity index (χ4v) is 3.20. The standard InChI is InChI=1S/C18H23NO3S/c1-4-16-7-9-17(10-8-16)23(20,21)19-11-12-22-18-13-14(2)5-6-15(18)3/h5-10,13,19H,4,11-12H2,1-3H3. The normalized spacial score (nSPS) is 11.4. The van der Waals surface area contributed by atoms with E-state index in [1.54, 1.807) is 12.1 Å². The van der Waals surface area contributed by atoms with E-state index in [-0.39, 0.29) is 18.0 Å². The Morgan fingerprint density at radius 3 is 2.39 bits per heavy atom. The third-order valence-electron chi connectivity index (χ3n) is 3.64. The average molecular weight is 333 g/mol. The number of aryl methyl sites for hydroxylation is 3. The summed E-state index contributed by atoms with van der Waals surface area (Å²) in [5, 5.41) is 0. The zero-order valence-corrected chi connectivity index (χ0v) is 14.6. The molecular formula is C18H23NO3S. The van der Waals surface area contributed by atoms with Crippen molar-refractivity contribution in [1.82, 2.24) is 4.72 Å². The van der Waals surface area contributed by atoms with Crippen LogP contribution >= 0.6 is 0 Å². The second-order valence-electron chi connectivity index (χ2n) is 5.51. The largest absolute Gasteiger partial charge is 0.492 e. The topological polar surface area (TPSA) is 55.4 Å². The minimum atomic E-state index is -3.49. The van der Waals surface area contributed by atoms with Crippen LogP contribution in [0, 0.1) is 13.8 Å². The van der Waals surface area contributed by atoms with Gasteiger partial charge in [-0.25, -0.2) is 13.1 Å². The van der Waals surface area contributed by atoms with Crippen molar-refractivity contribution in [2.24, 2.45) is 0 Å². The Hall–Kier alpha value is -1.85. The first-order valence-corrected chi connectivity index (χ1v) is 9.19. The fraction of sp³-hybridized carbons (Fsp3) is 0.333. The minimum Gasteiger partial charge on any atom is -0.492 e. The van der Waals surface area contributed by atoms with Crippen LogP contribution in [-0.4, -0.2) is 21.6 Å². The van der Waals surface area contributed by atoms with Gasteiger partial charge in [0.25, 0.3) is 0 Å². The van der Waals surface area contributed by atoms with Crippen LogP contribution in [0.25, 0.3) is 0 Å². The molecule has 124 valence electrons. The molecule has 5 heteroatoms. The summed E-state index contributed by atoms with van der Waals surface area (Å²) >= 11 is 0. The number of ether oxygens (including phenoxy) is 1. The first-order chi connectivity index (χ1) is 10.9. The van der Waals surface area contributed by atoms with E-state index in [9.17, 15) is 8.42 Å². The van der Waals surface area contributed by atoms with Crippen molar-refractivity contribution in [2.75, 3.05) is 13.2 Å². The minimum absolute atomic E-state index is 0.227. The molecule has 0 aliphatic rings. The molecule has 0 saturated carbocycles. The Morgan fingerprint density at radius 2 is 1.74 bits per heavy atom. The van der Waals surface area contributed by atoms with Gasteiger partial charge in [-0.2, -0.15) is 0 Å². The van der Waals surface area contributed by atoms with Crippen LogP contribution in [0.3, 0.4) is 0 Å². The smallest absolute Gasteiger partial charge is 0.240 e. The highest BCUT2D eigenvalue weighted by atomic mass is 32.2. The van der Waals surface area contributed by atoms with Crippen molar-refractivity contribution in [1.29, 1.82) is 0 Å². The van der Waals surface area contributed by atoms with Gasteiger partial charge < -0.3 is 4.74 Å². The highest BCUT2D eigenvalue weighted by molar-refractivity contribution is 7.89. The average Bonchev–Trinajstić information content (AvgIpc) is 2.54. The Bertz CT molecular complexity index is 752. The summed E-state index contributed by atoms with van der Waals surface area (Å²) in [6.07, 6.45) is 0.886. The molecule has 2 aromatic rings. The molecule has 0 atom stereocenters. The first kappa shape index (κ1) is 17.5. The van der Waals surface area contributed by atoms with Crippen molar-refractivity contribution < 1.29 is 13.2 Å². The Labute approximate surface area is 138 Å². The molecule has 4 nitrogen and oxygen atoms in total. The molecule has 0 bridgehead atoms. The predicted molar refractivity (Wildman–Crippen MR) is 92.4 cm³/mol. The summed E-state index contributed by atoms with van der Waals surface area (Å²) in [5.74, 6) is 0.788. The van der Waals surface area contributed by atoms with Gasteiger partial charge in [0.2, 0.25) is 10.0 Å². The molecule has 0 aliphatic heterocycles. The molecule has 2 aromatic carbocycles. The molecular weight excluding hydrogens is 310 g/mol. The molecule has 2 rings (SSSR count). The molecule has 0 saturated heterocycles. The Morgan fingerprint density at radius 1 is 1.04 bits per heavy atom. The maximum absolute atomic E-state index is 12.2. The van der Waals surface area contributed by atoms with E-state index in [0.717, 1.165) is 28.9 Å². The zero-order chi connectivity index (χ0) is 16.9. The summed E-state index contributed by atoms with van der Waals surface area (Å²) in [6.45, 7) is 6.51. The number of rotatable bonds is 7. The second-order valence-corrected chi connectivity index (χ2v) is 7.28. The molecule has 0 spiro atoms. The van der Waals surface area contributed by atoms with Crippen molar-refractivity contribution in [3.63, 3.8) is 0 Å². The summed E-state index contributed by atoms with van der Waals surface area (Å²) in [6, 6.07) is 12.9. The lowest BCUT2D eigenvalue weighted by Crippen LogP contribution is -2.28. The zero-order valence-electron chi connectivity index (χ0n) is 13.8. The van der Waals surface area contributed by atoms with E-state index in [0.29, 0.717) is 0 Å². The molecule has 1 N–H and O–H groups in total. The van der Waals surface area contributed by atoms with Gasteiger partial charge >= 0.3 is 0 Å². The van der Waals surface area contributed by atoms with Crippen LogP contribution < -0.4 is 9.46 Å². The van der Waals surface area contributed by atoms with Gasteiger partial charge in [0, 0.05) is 6.54 Å². The number of hydrogen-bond acceptors (Lipinski definition) is 3. The quantitative estimate of drug-likeness (QED) is 0.792. The van der Waals surface area contributed by atoms with Crippen LogP contribution in [0.15, 0.2) is 47.4 Å². The first-order valence-electron chi connectivity index (χ1n) is 7.71. The Balaban J connectivity index is 1.90. The van der Waals surface area contributed by atoms with Crippen LogP contribution in [0.4, 0.5) is 0 Å². The third-order valence-corrected chi connectivity index (χ3v) is 5.11. The van der Waals surface area contributed by atoms with E-state index in [2.05, 4.69) is 4.72 Å². The summed E-state index contributed by atoms with van der Waals surface area (Å²) in [7, 11) is -3.49. The van der Waals surface area contributed by atoms with E-state index in [4.69, 9.17) is 4.74 Å². The molecule has 0 radical (unpaired) electrons. The van der Waals surface area contributed by atoms with Crippen LogP contribution in [0.5, 0.6) is 5.75 Å². The van der Waals surface area contributed by atoms with Gasteiger partial charge in [0.15, 0.2) is 0 Å². The van der Waals surface area contributed by atoms with Crippen molar-refractivity contribution in [3.05, 3.63) is 59.2 Å². The van der Waals surface area contributed by atoms with Gasteiger partial charge in [0.05, 0.1) is 4.90 Å². The number of nitrogens with one attached hydrogen (secondary N) is 1. The molecule has 0 aromatic heterocycles. The second kappa shape index (κ2) is 7.62. The molecule has 0 heterocycles. The number of hydrogen-bond donors (Lipinski definition) is 1. The Kier molecular flexibility index (Phi) is 5.80. The van der Waals surface area contributed by atoms with Crippen LogP contribution in [0.1, 0.15) is 23.6 Å². The molecule has 0 aliphatic carbocycles. The van der Waals surface area contributed by atoms with E-state index < -0.39 is 10.0 Å². The molecule has 23 heavy (non-hydrogen) atoms. The van der Waals surface area contributed by atoms with E-state index in [1.807, 2.05) is 51.1 Å². The number of benzene rings is 2. The van der Waals surface area contributed by atoms with E-state index >= 15 is 0 Å². The van der Waals surface area contributed by atoms with Crippen LogP contribution in [-0.2, 0) is 16.4 Å². The SMILES string of the molecule is CCc1ccc(S(=O)(=O)NCCOc2cc(C)ccc2C)cc1. The summed E-state index contributed by atoms with van der Waals surface area (Å²) < 4.78 is 32.6. The summed E-state index contributed by atoms with van der Waals surface area (Å²) in [5.41, 5.74) is 3.26. The van der Waals surface area contributed by atoms with Gasteiger partial charge in [-0.05, 0) is 55.2 Å². The maximum Gasteiger partial charge on any atom is 0.240 e. The fourth-order valence-electron chi connectivity index (χ4n) is 2.19. The molecule has 0 amide bonds. The lowest BCUT2D eigenvalue weighted by atomic mass is 10.1. The monoisotopic (exact) mass is 333 g/mol. The maximum atomic E-state index is 12.2. The summed E-state index contributed by atoms with van der Waals surface area (Å²) in [4.78, 5) is 0.279. The van der Waals surface area contributed by atoms with Gasteiger partial charge in [-0.15, -0.1) is 0 Å². The third kappa shape index (κ3) is 4.81. The van der Waals surface area contributed by atoms with Crippen LogP contribution in [0.2, 0.25) is 0 Å². The van der Waals surface area contributed by atoms with Gasteiger partial charge in [-0.3, -0.25) is 0 Å². The highest BCUT2D eigenvalue weighted by Gasteiger charge is 2.13. The van der Waals surface area contributed by atoms with Crippen molar-refractivity contribution in [2.45, 2.75) is 32.1 Å². The van der Waals surface area contributed by atoms with Crippen molar-refractivity contribution >= 4 is 10.0 Å². The highest BCUT2D eigenvalue weighted by Crippen LogP contribution is 2.18. The lowest BCUT2D eigenvalue weighted by Gasteiger charge is -2.11. The lowest BCUT2D eigenvalue weighted by molar-refractivity contribution is 0.320. The van der Waals surface area contributed by atoms with Gasteiger partial charge in [-0.1, -0.05) is 31.2 Å².